The first-order valence-electron chi connectivity index (χ1n) is 4.15. The molecule has 1 nitrogen and oxygen atoms in total. The highest BCUT2D eigenvalue weighted by atomic mass is 32.1. The molecule has 0 saturated heterocycles. The predicted molar refractivity (Wildman–Crippen MR) is 60.1 cm³/mol. The van der Waals surface area contributed by atoms with E-state index in [0.717, 1.165) is 16.7 Å². The minimum absolute atomic E-state index is 0.287. The molecule has 1 heterocycles. The third-order valence-electron chi connectivity index (χ3n) is 2.17. The number of benzene rings is 1. The van der Waals surface area contributed by atoms with E-state index in [0.29, 0.717) is 4.90 Å². The van der Waals surface area contributed by atoms with E-state index in [9.17, 15) is 5.11 Å². The van der Waals surface area contributed by atoms with Crippen molar-refractivity contribution in [3.05, 3.63) is 23.1 Å². The molecule has 1 aromatic heterocycles. The molecule has 0 aliphatic heterocycles. The highest BCUT2D eigenvalue weighted by molar-refractivity contribution is 7.80. The third-order valence-corrected chi connectivity index (χ3v) is 3.53. The number of hydrogen-bond donors (Lipinski definition) is 2. The summed E-state index contributed by atoms with van der Waals surface area (Å²) in [5, 5.41) is 12.8. The molecule has 0 aliphatic rings. The lowest BCUT2D eigenvalue weighted by Gasteiger charge is -2.05. The zero-order chi connectivity index (χ0) is 9.42. The van der Waals surface area contributed by atoms with Gasteiger partial charge in [0.15, 0.2) is 0 Å². The van der Waals surface area contributed by atoms with Crippen LogP contribution in [0.15, 0.2) is 22.4 Å². The maximum atomic E-state index is 9.58. The van der Waals surface area contributed by atoms with Crippen molar-refractivity contribution in [3.8, 4) is 5.75 Å². The molecule has 0 radical (unpaired) electrons. The second-order valence-electron chi connectivity index (χ2n) is 2.91. The standard InChI is InChI=1S/C10H10OS2/c1-2-6-7-3-4-13-9(7)5-8(11)10(6)12/h3-5,11-12H,2H2,1H3. The van der Waals surface area contributed by atoms with Gasteiger partial charge in [0.1, 0.15) is 5.75 Å². The summed E-state index contributed by atoms with van der Waals surface area (Å²) in [5.74, 6) is 0.287. The van der Waals surface area contributed by atoms with Gasteiger partial charge in [-0.15, -0.1) is 24.0 Å². The molecule has 0 bridgehead atoms. The van der Waals surface area contributed by atoms with Gasteiger partial charge in [-0.3, -0.25) is 0 Å². The normalized spacial score (nSPS) is 10.9. The molecule has 0 amide bonds. The zero-order valence-electron chi connectivity index (χ0n) is 7.24. The van der Waals surface area contributed by atoms with E-state index < -0.39 is 0 Å². The van der Waals surface area contributed by atoms with Crippen LogP contribution in [0, 0.1) is 0 Å². The van der Waals surface area contributed by atoms with E-state index in [-0.39, 0.29) is 5.75 Å². The molecule has 0 fully saturated rings. The summed E-state index contributed by atoms with van der Waals surface area (Å²) < 4.78 is 1.13. The summed E-state index contributed by atoms with van der Waals surface area (Å²) in [6.07, 6.45) is 0.903. The molecule has 1 aromatic carbocycles. The van der Waals surface area contributed by atoms with Crippen LogP contribution in [0.1, 0.15) is 12.5 Å². The lowest BCUT2D eigenvalue weighted by atomic mass is 10.1. The smallest absolute Gasteiger partial charge is 0.130 e. The van der Waals surface area contributed by atoms with Gasteiger partial charge in [-0.25, -0.2) is 0 Å². The summed E-state index contributed by atoms with van der Waals surface area (Å²) in [6.45, 7) is 2.08. The van der Waals surface area contributed by atoms with Crippen molar-refractivity contribution in [1.82, 2.24) is 0 Å². The number of fused-ring (bicyclic) bond motifs is 1. The van der Waals surface area contributed by atoms with Gasteiger partial charge in [0.25, 0.3) is 0 Å². The molecule has 68 valence electrons. The lowest BCUT2D eigenvalue weighted by molar-refractivity contribution is 0.462. The molecule has 2 rings (SSSR count). The van der Waals surface area contributed by atoms with Gasteiger partial charge < -0.3 is 5.11 Å². The van der Waals surface area contributed by atoms with Gasteiger partial charge in [-0.05, 0) is 34.9 Å². The van der Waals surface area contributed by atoms with E-state index in [1.165, 1.54) is 5.39 Å². The van der Waals surface area contributed by atoms with Crippen LogP contribution in [0.2, 0.25) is 0 Å². The van der Waals surface area contributed by atoms with E-state index in [1.807, 2.05) is 5.38 Å². The quantitative estimate of drug-likeness (QED) is 0.691. The molecule has 0 atom stereocenters. The molecule has 0 aliphatic carbocycles. The van der Waals surface area contributed by atoms with Crippen molar-refractivity contribution in [3.63, 3.8) is 0 Å². The summed E-state index contributed by atoms with van der Waals surface area (Å²) in [6, 6.07) is 3.86. The summed E-state index contributed by atoms with van der Waals surface area (Å²) in [4.78, 5) is 0.716. The lowest BCUT2D eigenvalue weighted by Crippen LogP contribution is -1.84. The van der Waals surface area contributed by atoms with Gasteiger partial charge in [-0.2, -0.15) is 0 Å². The Labute approximate surface area is 86.4 Å². The average Bonchev–Trinajstić information content (AvgIpc) is 2.54. The van der Waals surface area contributed by atoms with Crippen molar-refractivity contribution >= 4 is 34.1 Å². The van der Waals surface area contributed by atoms with E-state index in [4.69, 9.17) is 0 Å². The van der Waals surface area contributed by atoms with Crippen LogP contribution in [-0.2, 0) is 6.42 Å². The van der Waals surface area contributed by atoms with Gasteiger partial charge in [0.2, 0.25) is 0 Å². The van der Waals surface area contributed by atoms with Crippen molar-refractivity contribution in [2.75, 3.05) is 0 Å². The molecule has 0 spiro atoms. The fraction of sp³-hybridized carbons (Fsp3) is 0.200. The number of aromatic hydroxyl groups is 1. The van der Waals surface area contributed by atoms with E-state index >= 15 is 0 Å². The third kappa shape index (κ3) is 1.32. The van der Waals surface area contributed by atoms with Gasteiger partial charge in [-0.1, -0.05) is 6.92 Å². The van der Waals surface area contributed by atoms with E-state index in [1.54, 1.807) is 17.4 Å². The Balaban J connectivity index is 2.87. The number of thiol groups is 1. The van der Waals surface area contributed by atoms with E-state index in [2.05, 4.69) is 25.6 Å². The Morgan fingerprint density at radius 2 is 2.31 bits per heavy atom. The fourth-order valence-electron chi connectivity index (χ4n) is 1.51. The minimum Gasteiger partial charge on any atom is -0.507 e. The summed E-state index contributed by atoms with van der Waals surface area (Å²) >= 11 is 5.94. The average molecular weight is 210 g/mol. The summed E-state index contributed by atoms with van der Waals surface area (Å²) in [7, 11) is 0. The van der Waals surface area contributed by atoms with Crippen LogP contribution in [0.5, 0.6) is 5.75 Å². The van der Waals surface area contributed by atoms with Crippen LogP contribution in [-0.4, -0.2) is 5.11 Å². The largest absolute Gasteiger partial charge is 0.507 e. The zero-order valence-corrected chi connectivity index (χ0v) is 8.95. The van der Waals surface area contributed by atoms with Gasteiger partial charge >= 0.3 is 0 Å². The number of phenolic OH excluding ortho intramolecular Hbond substituents is 1. The minimum atomic E-state index is 0.287. The summed E-state index contributed by atoms with van der Waals surface area (Å²) in [5.41, 5.74) is 1.14. The van der Waals surface area contributed by atoms with Crippen LogP contribution >= 0.6 is 24.0 Å². The second-order valence-corrected chi connectivity index (χ2v) is 4.30. The SMILES string of the molecule is CCc1c(S)c(O)cc2sccc12. The Kier molecular flexibility index (Phi) is 2.22. The molecule has 2 aromatic rings. The fourth-order valence-corrected chi connectivity index (χ4v) is 2.71. The van der Waals surface area contributed by atoms with Crippen LogP contribution in [0.3, 0.4) is 0 Å². The maximum absolute atomic E-state index is 9.58. The Morgan fingerprint density at radius 3 is 3.00 bits per heavy atom. The molecule has 1 N–H and O–H groups in total. The molecule has 0 saturated carbocycles. The molecule has 0 unspecified atom stereocenters. The Bertz CT molecular complexity index is 445. The van der Waals surface area contributed by atoms with Crippen LogP contribution in [0.25, 0.3) is 10.1 Å². The van der Waals surface area contributed by atoms with Crippen LogP contribution < -0.4 is 0 Å². The molecule has 3 heteroatoms. The number of phenols is 1. The monoisotopic (exact) mass is 210 g/mol. The Hall–Kier alpha value is -0.670. The van der Waals surface area contributed by atoms with Crippen molar-refractivity contribution in [2.24, 2.45) is 0 Å². The maximum Gasteiger partial charge on any atom is 0.130 e. The molecular weight excluding hydrogens is 200 g/mol. The second kappa shape index (κ2) is 3.24. The molecule has 13 heavy (non-hydrogen) atoms. The first-order chi connectivity index (χ1) is 6.24. The van der Waals surface area contributed by atoms with Crippen molar-refractivity contribution < 1.29 is 5.11 Å². The number of thiophene rings is 1. The van der Waals surface area contributed by atoms with Crippen molar-refractivity contribution in [2.45, 2.75) is 18.2 Å². The number of hydrogen-bond acceptors (Lipinski definition) is 3. The van der Waals surface area contributed by atoms with Crippen LogP contribution in [0.4, 0.5) is 0 Å². The first-order valence-corrected chi connectivity index (χ1v) is 5.47. The van der Waals surface area contributed by atoms with Gasteiger partial charge in [0, 0.05) is 9.60 Å². The van der Waals surface area contributed by atoms with Gasteiger partial charge in [0.05, 0.1) is 0 Å². The first kappa shape index (κ1) is 8.91. The highest BCUT2D eigenvalue weighted by Crippen LogP contribution is 2.35. The topological polar surface area (TPSA) is 20.2 Å². The molecular formula is C10H10OS2. The Morgan fingerprint density at radius 1 is 1.54 bits per heavy atom. The predicted octanol–water partition coefficient (Wildman–Crippen LogP) is 3.46. The van der Waals surface area contributed by atoms with Crippen molar-refractivity contribution in [1.29, 1.82) is 0 Å². The number of rotatable bonds is 1. The number of aryl methyl sites for hydroxylation is 1. The highest BCUT2D eigenvalue weighted by Gasteiger charge is 2.08.